The fourth-order valence-corrected chi connectivity index (χ4v) is 2.82. The highest BCUT2D eigenvalue weighted by atomic mass is 32.2. The molecule has 0 aromatic carbocycles. The molecule has 0 aliphatic rings. The number of carbonyl (C=O) groups is 1. The molecule has 2 heterocycles. The summed E-state index contributed by atoms with van der Waals surface area (Å²) in [6.45, 7) is 4.13. The highest BCUT2D eigenvalue weighted by Crippen LogP contribution is 2.23. The van der Waals surface area contributed by atoms with Crippen molar-refractivity contribution in [1.29, 1.82) is 0 Å². The highest BCUT2D eigenvalue weighted by molar-refractivity contribution is 7.99. The number of hydrogen-bond acceptors (Lipinski definition) is 6. The minimum absolute atomic E-state index is 0.119. The van der Waals surface area contributed by atoms with Crippen molar-refractivity contribution < 1.29 is 9.53 Å². The molecule has 0 unspecified atom stereocenters. The van der Waals surface area contributed by atoms with Crippen molar-refractivity contribution in [2.24, 2.45) is 0 Å². The SMILES string of the molecule is CCOC(=O)CCCCSc1nc(C)nc2nc[nH]c12. The molecular weight excluding hydrogens is 276 g/mol. The molecule has 0 spiro atoms. The van der Waals surface area contributed by atoms with E-state index in [2.05, 4.69) is 19.9 Å². The molecule has 2 aromatic heterocycles. The van der Waals surface area contributed by atoms with Gasteiger partial charge in [-0.3, -0.25) is 4.79 Å². The van der Waals surface area contributed by atoms with Gasteiger partial charge < -0.3 is 9.72 Å². The van der Waals surface area contributed by atoms with Gasteiger partial charge >= 0.3 is 5.97 Å². The predicted molar refractivity (Wildman–Crippen MR) is 77.6 cm³/mol. The zero-order chi connectivity index (χ0) is 14.4. The summed E-state index contributed by atoms with van der Waals surface area (Å²) in [5.41, 5.74) is 1.58. The van der Waals surface area contributed by atoms with Gasteiger partial charge in [-0.2, -0.15) is 0 Å². The van der Waals surface area contributed by atoms with Crippen molar-refractivity contribution in [3.63, 3.8) is 0 Å². The first-order valence-electron chi connectivity index (χ1n) is 6.67. The van der Waals surface area contributed by atoms with Gasteiger partial charge in [-0.1, -0.05) is 0 Å². The smallest absolute Gasteiger partial charge is 0.305 e. The molecule has 2 aromatic rings. The summed E-state index contributed by atoms with van der Waals surface area (Å²) in [6.07, 6.45) is 3.89. The fraction of sp³-hybridized carbons (Fsp3) is 0.538. The van der Waals surface area contributed by atoms with Crippen LogP contribution in [0.2, 0.25) is 0 Å². The Hall–Kier alpha value is -1.63. The maximum absolute atomic E-state index is 11.2. The largest absolute Gasteiger partial charge is 0.466 e. The Morgan fingerprint density at radius 2 is 2.25 bits per heavy atom. The number of fused-ring (bicyclic) bond motifs is 1. The zero-order valence-corrected chi connectivity index (χ0v) is 12.5. The summed E-state index contributed by atoms with van der Waals surface area (Å²) >= 11 is 1.66. The molecular formula is C13H18N4O2S. The Morgan fingerprint density at radius 1 is 1.40 bits per heavy atom. The predicted octanol–water partition coefficient (Wildman–Crippen LogP) is 2.49. The Kier molecular flexibility index (Phi) is 5.34. The third kappa shape index (κ3) is 3.93. The lowest BCUT2D eigenvalue weighted by Gasteiger charge is -2.03. The normalized spacial score (nSPS) is 10.9. The number of rotatable bonds is 7. The van der Waals surface area contributed by atoms with E-state index in [0.29, 0.717) is 18.7 Å². The van der Waals surface area contributed by atoms with E-state index in [9.17, 15) is 4.79 Å². The Bertz CT molecular complexity index is 585. The van der Waals surface area contributed by atoms with E-state index in [1.165, 1.54) is 0 Å². The van der Waals surface area contributed by atoms with Gasteiger partial charge in [0.05, 0.1) is 12.9 Å². The number of carbonyl (C=O) groups excluding carboxylic acids is 1. The van der Waals surface area contributed by atoms with Crippen LogP contribution in [0.15, 0.2) is 11.4 Å². The van der Waals surface area contributed by atoms with Gasteiger partial charge in [-0.25, -0.2) is 15.0 Å². The highest BCUT2D eigenvalue weighted by Gasteiger charge is 2.08. The Labute approximate surface area is 121 Å². The van der Waals surface area contributed by atoms with Crippen LogP contribution in [0.4, 0.5) is 0 Å². The average molecular weight is 294 g/mol. The molecule has 0 aliphatic carbocycles. The first-order valence-corrected chi connectivity index (χ1v) is 7.65. The molecule has 2 rings (SSSR count). The number of aromatic amines is 1. The van der Waals surface area contributed by atoms with E-state index in [0.717, 1.165) is 35.0 Å². The first-order chi connectivity index (χ1) is 9.70. The van der Waals surface area contributed by atoms with Crippen LogP contribution in [-0.4, -0.2) is 38.3 Å². The zero-order valence-electron chi connectivity index (χ0n) is 11.7. The number of nitrogens with one attached hydrogen (secondary N) is 1. The minimum atomic E-state index is -0.119. The monoisotopic (exact) mass is 294 g/mol. The van der Waals surface area contributed by atoms with E-state index >= 15 is 0 Å². The molecule has 7 heteroatoms. The lowest BCUT2D eigenvalue weighted by atomic mass is 10.2. The number of unbranched alkanes of at least 4 members (excludes halogenated alkanes) is 1. The quantitative estimate of drug-likeness (QED) is 0.366. The van der Waals surface area contributed by atoms with Crippen molar-refractivity contribution in [2.75, 3.05) is 12.4 Å². The molecule has 0 saturated carbocycles. The van der Waals surface area contributed by atoms with Crippen LogP contribution in [0.25, 0.3) is 11.2 Å². The second-order valence-corrected chi connectivity index (χ2v) is 5.37. The molecule has 0 fully saturated rings. The Balaban J connectivity index is 1.81. The van der Waals surface area contributed by atoms with Gasteiger partial charge in [0.2, 0.25) is 0 Å². The number of esters is 1. The van der Waals surface area contributed by atoms with Crippen molar-refractivity contribution in [1.82, 2.24) is 19.9 Å². The number of thioether (sulfide) groups is 1. The van der Waals surface area contributed by atoms with Gasteiger partial charge in [0.25, 0.3) is 0 Å². The molecule has 0 atom stereocenters. The Morgan fingerprint density at radius 3 is 3.05 bits per heavy atom. The van der Waals surface area contributed by atoms with Crippen molar-refractivity contribution >= 4 is 28.9 Å². The molecule has 6 nitrogen and oxygen atoms in total. The number of ether oxygens (including phenoxy) is 1. The van der Waals surface area contributed by atoms with Gasteiger partial charge in [0.1, 0.15) is 16.4 Å². The number of nitrogens with zero attached hydrogens (tertiary/aromatic N) is 3. The van der Waals surface area contributed by atoms with Gasteiger partial charge in [-0.05, 0) is 32.4 Å². The molecule has 0 saturated heterocycles. The van der Waals surface area contributed by atoms with Crippen molar-refractivity contribution in [3.05, 3.63) is 12.2 Å². The van der Waals surface area contributed by atoms with Crippen LogP contribution in [0, 0.1) is 6.92 Å². The third-order valence-corrected chi connectivity index (χ3v) is 3.75. The van der Waals surface area contributed by atoms with Gasteiger partial charge in [-0.15, -0.1) is 11.8 Å². The summed E-state index contributed by atoms with van der Waals surface area (Å²) in [4.78, 5) is 27.1. The number of hydrogen-bond donors (Lipinski definition) is 1. The van der Waals surface area contributed by atoms with Crippen LogP contribution < -0.4 is 0 Å². The van der Waals surface area contributed by atoms with Crippen molar-refractivity contribution in [3.8, 4) is 0 Å². The lowest BCUT2D eigenvalue weighted by molar-refractivity contribution is -0.143. The van der Waals surface area contributed by atoms with Crippen LogP contribution in [0.1, 0.15) is 32.0 Å². The second kappa shape index (κ2) is 7.23. The molecule has 1 N–H and O–H groups in total. The summed E-state index contributed by atoms with van der Waals surface area (Å²) in [6, 6.07) is 0. The maximum Gasteiger partial charge on any atom is 0.305 e. The second-order valence-electron chi connectivity index (χ2n) is 4.29. The molecule has 20 heavy (non-hydrogen) atoms. The van der Waals surface area contributed by atoms with E-state index < -0.39 is 0 Å². The number of H-pyrrole nitrogens is 1. The third-order valence-electron chi connectivity index (χ3n) is 2.68. The van der Waals surface area contributed by atoms with Crippen LogP contribution in [-0.2, 0) is 9.53 Å². The van der Waals surface area contributed by atoms with E-state index in [4.69, 9.17) is 4.74 Å². The number of aromatic nitrogens is 4. The topological polar surface area (TPSA) is 80.8 Å². The lowest BCUT2D eigenvalue weighted by Crippen LogP contribution is -2.03. The number of aryl methyl sites for hydroxylation is 1. The van der Waals surface area contributed by atoms with Gasteiger partial charge in [0.15, 0.2) is 5.65 Å². The van der Waals surface area contributed by atoms with Crippen LogP contribution >= 0.6 is 11.8 Å². The fourth-order valence-electron chi connectivity index (χ4n) is 1.79. The van der Waals surface area contributed by atoms with E-state index in [-0.39, 0.29) is 5.97 Å². The minimum Gasteiger partial charge on any atom is -0.466 e. The summed E-state index contributed by atoms with van der Waals surface area (Å²) in [5, 5.41) is 0.918. The standard InChI is InChI=1S/C13H18N4O2S/c1-3-19-10(18)6-4-5-7-20-13-11-12(15-8-14-11)16-9(2)17-13/h8H,3-7H2,1-2H3,(H,14,15,16,17). The summed E-state index contributed by atoms with van der Waals surface area (Å²) in [5.74, 6) is 1.51. The average Bonchev–Trinajstić information content (AvgIpc) is 2.86. The van der Waals surface area contributed by atoms with E-state index in [1.807, 2.05) is 13.8 Å². The molecule has 0 aliphatic heterocycles. The van der Waals surface area contributed by atoms with Crippen LogP contribution in [0.3, 0.4) is 0 Å². The number of imidazole rings is 1. The van der Waals surface area contributed by atoms with E-state index in [1.54, 1.807) is 18.1 Å². The van der Waals surface area contributed by atoms with Gasteiger partial charge in [0, 0.05) is 6.42 Å². The summed E-state index contributed by atoms with van der Waals surface area (Å²) < 4.78 is 4.89. The first kappa shape index (κ1) is 14.8. The molecule has 108 valence electrons. The summed E-state index contributed by atoms with van der Waals surface area (Å²) in [7, 11) is 0. The molecule has 0 radical (unpaired) electrons. The van der Waals surface area contributed by atoms with Crippen LogP contribution in [0.5, 0.6) is 0 Å². The molecule has 0 bridgehead atoms. The van der Waals surface area contributed by atoms with Crippen molar-refractivity contribution in [2.45, 2.75) is 38.1 Å². The molecule has 0 amide bonds. The maximum atomic E-state index is 11.2.